The molecule has 1 aliphatic rings. The Balaban J connectivity index is 1.38. The van der Waals surface area contributed by atoms with Crippen LogP contribution in [0.4, 0.5) is 0 Å². The van der Waals surface area contributed by atoms with Gasteiger partial charge in [0.1, 0.15) is 42.0 Å². The van der Waals surface area contributed by atoms with E-state index in [0.29, 0.717) is 5.56 Å². The van der Waals surface area contributed by atoms with Gasteiger partial charge in [-0.1, -0.05) is 6.07 Å². The number of esters is 1. The van der Waals surface area contributed by atoms with Crippen molar-refractivity contribution in [2.24, 2.45) is 0 Å². The molecule has 0 aliphatic carbocycles. The molecule has 1 fully saturated rings. The van der Waals surface area contributed by atoms with Crippen LogP contribution in [0.15, 0.2) is 57.8 Å². The van der Waals surface area contributed by atoms with Gasteiger partial charge in [-0.3, -0.25) is 4.79 Å². The minimum absolute atomic E-state index is 0.0337. The van der Waals surface area contributed by atoms with E-state index in [4.69, 9.17) is 23.4 Å². The van der Waals surface area contributed by atoms with E-state index in [1.807, 2.05) is 0 Å². The summed E-state index contributed by atoms with van der Waals surface area (Å²) in [5, 5.41) is 91.6. The van der Waals surface area contributed by atoms with Crippen LogP contribution in [0, 0.1) is 0 Å². The van der Waals surface area contributed by atoms with Gasteiger partial charge in [-0.25, -0.2) is 4.79 Å². The standard InChI is InChI=1S/C31H28O16/c1-43-17-6-4-13(9-16(17)34)30-28(41)26(39)22-18(45-30)10-19(23(36)25(22)38)46-31-29(42)27(40)24(37)20(47-31)11-44-21(35)7-3-12-2-5-14(32)15(33)8-12/h2-10,20,24,27,29,31-34,36-38,40-42H,11H2,1H3. The number of carbonyl (C=O) groups excluding carboxylic acids is 1. The summed E-state index contributed by atoms with van der Waals surface area (Å²) >= 11 is 0. The van der Waals surface area contributed by atoms with Crippen LogP contribution in [0.5, 0.6) is 46.0 Å². The molecule has 0 amide bonds. The molecule has 5 rings (SSSR count). The lowest BCUT2D eigenvalue weighted by molar-refractivity contribution is -0.278. The number of carbonyl (C=O) groups is 1. The fourth-order valence-corrected chi connectivity index (χ4v) is 4.71. The first-order chi connectivity index (χ1) is 22.3. The highest BCUT2D eigenvalue weighted by Gasteiger charge is 2.46. The highest BCUT2D eigenvalue weighted by molar-refractivity contribution is 5.91. The van der Waals surface area contributed by atoms with E-state index in [0.717, 1.165) is 18.2 Å². The number of aliphatic hydroxyl groups excluding tert-OH is 3. The molecule has 5 atom stereocenters. The maximum absolute atomic E-state index is 13.0. The van der Waals surface area contributed by atoms with Crippen molar-refractivity contribution in [1.29, 1.82) is 0 Å². The molecule has 3 aromatic carbocycles. The van der Waals surface area contributed by atoms with Crippen LogP contribution in [0.3, 0.4) is 0 Å². The summed E-state index contributed by atoms with van der Waals surface area (Å²) in [6.45, 7) is -0.657. The zero-order valence-corrected chi connectivity index (χ0v) is 24.2. The van der Waals surface area contributed by atoms with Crippen LogP contribution in [-0.4, -0.2) is 96.4 Å². The number of fused-ring (bicyclic) bond motifs is 1. The minimum atomic E-state index is -1.94. The zero-order valence-electron chi connectivity index (χ0n) is 24.2. The van der Waals surface area contributed by atoms with Crippen molar-refractivity contribution in [2.75, 3.05) is 13.7 Å². The minimum Gasteiger partial charge on any atom is -0.504 e. The Labute approximate surface area is 263 Å². The predicted molar refractivity (Wildman–Crippen MR) is 158 cm³/mol. The smallest absolute Gasteiger partial charge is 0.330 e. The molecule has 248 valence electrons. The van der Waals surface area contributed by atoms with Crippen LogP contribution < -0.4 is 14.9 Å². The molecule has 1 saturated heterocycles. The molecule has 1 aliphatic heterocycles. The number of benzene rings is 3. The second-order valence-electron chi connectivity index (χ2n) is 10.3. The molecule has 16 nitrogen and oxygen atoms in total. The molecule has 0 spiro atoms. The van der Waals surface area contributed by atoms with Gasteiger partial charge in [-0.05, 0) is 42.0 Å². The lowest BCUT2D eigenvalue weighted by atomic mass is 9.99. The lowest BCUT2D eigenvalue weighted by Gasteiger charge is -2.39. The molecule has 0 saturated carbocycles. The van der Waals surface area contributed by atoms with Gasteiger partial charge in [0, 0.05) is 17.7 Å². The quantitative estimate of drug-likeness (QED) is 0.0731. The first-order valence-corrected chi connectivity index (χ1v) is 13.7. The molecule has 9 N–H and O–H groups in total. The number of rotatable bonds is 8. The van der Waals surface area contributed by atoms with Crippen molar-refractivity contribution in [2.45, 2.75) is 30.7 Å². The number of ether oxygens (including phenoxy) is 4. The Morgan fingerprint density at radius 3 is 2.26 bits per heavy atom. The highest BCUT2D eigenvalue weighted by atomic mass is 16.7. The van der Waals surface area contributed by atoms with E-state index >= 15 is 0 Å². The second kappa shape index (κ2) is 13.0. The Morgan fingerprint density at radius 1 is 0.830 bits per heavy atom. The Bertz CT molecular complexity index is 1910. The second-order valence-corrected chi connectivity index (χ2v) is 10.3. The van der Waals surface area contributed by atoms with Gasteiger partial charge in [-0.2, -0.15) is 0 Å². The molecule has 0 bridgehead atoms. The maximum atomic E-state index is 13.0. The van der Waals surface area contributed by atoms with Gasteiger partial charge in [0.2, 0.25) is 23.2 Å². The highest BCUT2D eigenvalue weighted by Crippen LogP contribution is 2.44. The van der Waals surface area contributed by atoms with E-state index in [1.54, 1.807) is 0 Å². The van der Waals surface area contributed by atoms with Gasteiger partial charge >= 0.3 is 5.97 Å². The third-order valence-corrected chi connectivity index (χ3v) is 7.23. The first kappa shape index (κ1) is 32.7. The number of phenols is 5. The Hall–Kier alpha value is -5.68. The molecule has 47 heavy (non-hydrogen) atoms. The fraction of sp³-hybridized carbons (Fsp3) is 0.226. The molecular weight excluding hydrogens is 628 g/mol. The summed E-state index contributed by atoms with van der Waals surface area (Å²) in [5.74, 6) is -6.08. The summed E-state index contributed by atoms with van der Waals surface area (Å²) < 4.78 is 26.7. The first-order valence-electron chi connectivity index (χ1n) is 13.7. The van der Waals surface area contributed by atoms with E-state index in [2.05, 4.69) is 0 Å². The van der Waals surface area contributed by atoms with Gasteiger partial charge < -0.3 is 69.3 Å². The van der Waals surface area contributed by atoms with Crippen molar-refractivity contribution in [1.82, 2.24) is 0 Å². The normalized spacial score (nSPS) is 21.1. The van der Waals surface area contributed by atoms with E-state index in [-0.39, 0.29) is 22.8 Å². The third kappa shape index (κ3) is 6.38. The molecule has 5 unspecified atom stereocenters. The van der Waals surface area contributed by atoms with Crippen LogP contribution >= 0.6 is 0 Å². The monoisotopic (exact) mass is 656 g/mol. The molecule has 0 radical (unpaired) electrons. The molecular formula is C31H28O16. The molecule has 1 aromatic heterocycles. The third-order valence-electron chi connectivity index (χ3n) is 7.23. The molecule has 4 aromatic rings. The largest absolute Gasteiger partial charge is 0.504 e. The Kier molecular flexibility index (Phi) is 9.03. The Morgan fingerprint density at radius 2 is 1.57 bits per heavy atom. The van der Waals surface area contributed by atoms with Crippen LogP contribution in [-0.2, 0) is 14.3 Å². The van der Waals surface area contributed by atoms with Crippen molar-refractivity contribution >= 4 is 23.0 Å². The zero-order chi connectivity index (χ0) is 34.2. The lowest BCUT2D eigenvalue weighted by Crippen LogP contribution is -2.60. The SMILES string of the molecule is COc1ccc(-c2oc3cc(OC4OC(COC(=O)C=Cc5ccc(O)c(O)c5)C(O)C(O)C4O)c(O)c(O)c3c(=O)c2O)cc1O. The summed E-state index contributed by atoms with van der Waals surface area (Å²) in [4.78, 5) is 25.2. The van der Waals surface area contributed by atoms with Crippen LogP contribution in [0.2, 0.25) is 0 Å². The van der Waals surface area contributed by atoms with Crippen molar-refractivity contribution in [3.63, 3.8) is 0 Å². The summed E-state index contributed by atoms with van der Waals surface area (Å²) in [5.41, 5.74) is -1.20. The van der Waals surface area contributed by atoms with Crippen molar-refractivity contribution in [3.8, 4) is 57.3 Å². The van der Waals surface area contributed by atoms with E-state index in [1.165, 1.54) is 43.5 Å². The number of aliphatic hydroxyl groups is 3. The van der Waals surface area contributed by atoms with Crippen LogP contribution in [0.1, 0.15) is 5.56 Å². The van der Waals surface area contributed by atoms with Gasteiger partial charge in [0.05, 0.1) is 7.11 Å². The average molecular weight is 657 g/mol. The van der Waals surface area contributed by atoms with Gasteiger partial charge in [0.15, 0.2) is 40.3 Å². The number of aromatic hydroxyl groups is 6. The number of phenolic OH excluding ortho intramolecular Hbond substituents is 5. The molecule has 2 heterocycles. The van der Waals surface area contributed by atoms with Gasteiger partial charge in [-0.15, -0.1) is 0 Å². The topological polar surface area (TPSA) is 266 Å². The van der Waals surface area contributed by atoms with Gasteiger partial charge in [0.25, 0.3) is 0 Å². The summed E-state index contributed by atoms with van der Waals surface area (Å²) in [6.07, 6.45) is -6.72. The number of methoxy groups -OCH3 is 1. The number of hydrogen-bond acceptors (Lipinski definition) is 16. The summed E-state index contributed by atoms with van der Waals surface area (Å²) in [7, 11) is 1.31. The maximum Gasteiger partial charge on any atom is 0.330 e. The average Bonchev–Trinajstić information content (AvgIpc) is 3.05. The van der Waals surface area contributed by atoms with Crippen molar-refractivity contribution in [3.05, 3.63) is 64.3 Å². The van der Waals surface area contributed by atoms with Crippen LogP contribution in [0.25, 0.3) is 28.4 Å². The predicted octanol–water partition coefficient (Wildman–Crippen LogP) is 1.15. The van der Waals surface area contributed by atoms with E-state index in [9.17, 15) is 55.5 Å². The fourth-order valence-electron chi connectivity index (χ4n) is 4.71. The molecule has 16 heteroatoms. The van der Waals surface area contributed by atoms with Crippen molar-refractivity contribution < 1.29 is 74.1 Å². The number of hydrogen-bond donors (Lipinski definition) is 9. The van der Waals surface area contributed by atoms with E-state index < -0.39 is 94.2 Å². The summed E-state index contributed by atoms with van der Waals surface area (Å²) in [6, 6.07) is 8.56.